The number of carbonyl (C=O) groups excluding carboxylic acids is 3. The van der Waals surface area contributed by atoms with Crippen LogP contribution in [0.4, 0.5) is 0 Å². The van der Waals surface area contributed by atoms with Crippen molar-refractivity contribution in [1.82, 2.24) is 0 Å². The summed E-state index contributed by atoms with van der Waals surface area (Å²) in [5, 5.41) is 0. The van der Waals surface area contributed by atoms with Gasteiger partial charge in [-0.25, -0.2) is 0 Å². The second-order valence-corrected chi connectivity index (χ2v) is 2.26. The Morgan fingerprint density at radius 1 is 0.812 bits per heavy atom. The normalized spacial score (nSPS) is 7.88. The van der Waals surface area contributed by atoms with Crippen LogP contribution in [0.25, 0.3) is 0 Å². The van der Waals surface area contributed by atoms with E-state index in [0.29, 0.717) is 0 Å². The van der Waals surface area contributed by atoms with Gasteiger partial charge in [0.05, 0.1) is 0 Å². The maximum absolute atomic E-state index is 10.4. The largest absolute Gasteiger partial charge is 1.00 e. The summed E-state index contributed by atoms with van der Waals surface area (Å²) < 4.78 is 13.3. The molecule has 0 spiro atoms. The van der Waals surface area contributed by atoms with Crippen molar-refractivity contribution < 1.29 is 57.9 Å². The van der Waals surface area contributed by atoms with Crippen molar-refractivity contribution in [2.45, 2.75) is 20.8 Å². The minimum absolute atomic E-state index is 0. The standard InChI is InChI=1S/C6H10BO6.CH5N.Na/c1-4(8)11-7(12-5(2)9)13-6(3)10;1-2;/h7H,1-3H3;2H2,1H3;/q-1;;+1. The minimum atomic E-state index is -2.41. The molecule has 0 aromatic carbocycles. The summed E-state index contributed by atoms with van der Waals surface area (Å²) in [7, 11) is -0.910. The monoisotopic (exact) mass is 243 g/mol. The molecule has 0 amide bonds. The van der Waals surface area contributed by atoms with Crippen LogP contribution in [0.1, 0.15) is 20.8 Å². The molecule has 0 aliphatic rings. The first-order valence-corrected chi connectivity index (χ1v) is 4.17. The number of rotatable bonds is 3. The zero-order chi connectivity index (χ0) is 12.4. The van der Waals surface area contributed by atoms with Crippen LogP contribution in [-0.2, 0) is 28.3 Å². The van der Waals surface area contributed by atoms with Crippen molar-refractivity contribution in [2.75, 3.05) is 7.05 Å². The Kier molecular flexibility index (Phi) is 16.3. The smallest absolute Gasteiger partial charge is 0.625 e. The number of nitrogens with two attached hydrogens (primary N) is 1. The van der Waals surface area contributed by atoms with Crippen LogP contribution in [0, 0.1) is 0 Å². The van der Waals surface area contributed by atoms with Crippen molar-refractivity contribution in [3.63, 3.8) is 0 Å². The van der Waals surface area contributed by atoms with Crippen molar-refractivity contribution in [1.29, 1.82) is 0 Å². The molecule has 0 atom stereocenters. The van der Waals surface area contributed by atoms with Gasteiger partial charge < -0.3 is 19.7 Å². The molecule has 0 aromatic rings. The molecule has 0 aliphatic heterocycles. The van der Waals surface area contributed by atoms with Crippen LogP contribution in [0.2, 0.25) is 0 Å². The molecule has 0 saturated carbocycles. The molecular formula is C7H15BNNaO6. The van der Waals surface area contributed by atoms with Gasteiger partial charge in [0.15, 0.2) is 0 Å². The average molecular weight is 243 g/mol. The van der Waals surface area contributed by atoms with Crippen molar-refractivity contribution in [2.24, 2.45) is 5.73 Å². The van der Waals surface area contributed by atoms with E-state index in [9.17, 15) is 14.4 Å². The van der Waals surface area contributed by atoms with Gasteiger partial charge in [0.1, 0.15) is 0 Å². The van der Waals surface area contributed by atoms with Crippen molar-refractivity contribution in [3.05, 3.63) is 0 Å². The summed E-state index contributed by atoms with van der Waals surface area (Å²) in [6.07, 6.45) is 0. The van der Waals surface area contributed by atoms with E-state index < -0.39 is 25.2 Å². The minimum Gasteiger partial charge on any atom is -0.625 e. The van der Waals surface area contributed by atoms with E-state index in [-0.39, 0.29) is 29.6 Å². The summed E-state index contributed by atoms with van der Waals surface area (Å²) in [4.78, 5) is 31.3. The summed E-state index contributed by atoms with van der Waals surface area (Å²) in [5.41, 5.74) is 4.50. The third kappa shape index (κ3) is 15.9. The molecule has 88 valence electrons. The topological polar surface area (TPSA) is 105 Å². The van der Waals surface area contributed by atoms with Gasteiger partial charge in [0, 0.05) is 20.8 Å². The van der Waals surface area contributed by atoms with Gasteiger partial charge in [0.2, 0.25) is 0 Å². The van der Waals surface area contributed by atoms with E-state index in [0.717, 1.165) is 20.8 Å². The summed E-state index contributed by atoms with van der Waals surface area (Å²) in [6, 6.07) is 0. The fourth-order valence-electron chi connectivity index (χ4n) is 0.586. The molecule has 0 bridgehead atoms. The van der Waals surface area contributed by atoms with E-state index >= 15 is 0 Å². The Labute approximate surface area is 116 Å². The number of hydrogen-bond acceptors (Lipinski definition) is 7. The van der Waals surface area contributed by atoms with E-state index in [1.807, 2.05) is 0 Å². The van der Waals surface area contributed by atoms with E-state index in [4.69, 9.17) is 0 Å². The predicted octanol–water partition coefficient (Wildman–Crippen LogP) is -4.03. The van der Waals surface area contributed by atoms with Gasteiger partial charge >= 0.3 is 36.9 Å². The molecule has 0 aliphatic carbocycles. The predicted molar refractivity (Wildman–Crippen MR) is 52.6 cm³/mol. The van der Waals surface area contributed by atoms with E-state index in [1.165, 1.54) is 7.05 Å². The first kappa shape index (κ1) is 20.8. The molecule has 7 nitrogen and oxygen atoms in total. The van der Waals surface area contributed by atoms with Gasteiger partial charge in [-0.2, -0.15) is 0 Å². The molecule has 0 radical (unpaired) electrons. The first-order chi connectivity index (χ1) is 6.91. The Hall–Kier alpha value is -0.565. The molecule has 0 saturated heterocycles. The second-order valence-electron chi connectivity index (χ2n) is 2.26. The third-order valence-corrected chi connectivity index (χ3v) is 0.963. The molecular weight excluding hydrogens is 228 g/mol. The first-order valence-electron chi connectivity index (χ1n) is 4.17. The molecule has 9 heteroatoms. The Morgan fingerprint density at radius 3 is 1.12 bits per heavy atom. The van der Waals surface area contributed by atoms with Crippen LogP contribution >= 0.6 is 0 Å². The molecule has 0 unspecified atom stereocenters. The molecule has 2 N–H and O–H groups in total. The summed E-state index contributed by atoms with van der Waals surface area (Å²) >= 11 is 0. The Bertz CT molecular complexity index is 199. The fourth-order valence-corrected chi connectivity index (χ4v) is 0.586. The van der Waals surface area contributed by atoms with Crippen LogP contribution in [-0.4, -0.2) is 32.3 Å². The summed E-state index contributed by atoms with van der Waals surface area (Å²) in [6.45, 7) is 3.35. The average Bonchev–Trinajstić information content (AvgIpc) is 2.03. The Balaban J connectivity index is -0.000000529. The van der Waals surface area contributed by atoms with Crippen LogP contribution in [0.15, 0.2) is 0 Å². The van der Waals surface area contributed by atoms with Gasteiger partial charge in [0.25, 0.3) is 17.9 Å². The van der Waals surface area contributed by atoms with Crippen LogP contribution in [0.5, 0.6) is 0 Å². The summed E-state index contributed by atoms with van der Waals surface area (Å²) in [5.74, 6) is -2.03. The van der Waals surface area contributed by atoms with Crippen LogP contribution in [0.3, 0.4) is 0 Å². The molecule has 0 rings (SSSR count). The maximum atomic E-state index is 10.4. The maximum Gasteiger partial charge on any atom is 1.00 e. The zero-order valence-electron chi connectivity index (χ0n) is 10.2. The van der Waals surface area contributed by atoms with E-state index in [1.54, 1.807) is 0 Å². The van der Waals surface area contributed by atoms with Gasteiger partial charge in [-0.1, -0.05) is 0 Å². The third-order valence-electron chi connectivity index (χ3n) is 0.963. The van der Waals surface area contributed by atoms with Gasteiger partial charge in [-0.05, 0) is 7.05 Å². The van der Waals surface area contributed by atoms with Gasteiger partial charge in [-0.15, -0.1) is 0 Å². The molecule has 0 heterocycles. The molecule has 16 heavy (non-hydrogen) atoms. The van der Waals surface area contributed by atoms with E-state index in [2.05, 4.69) is 19.7 Å². The zero-order valence-corrected chi connectivity index (χ0v) is 12.2. The van der Waals surface area contributed by atoms with Crippen LogP contribution < -0.4 is 35.3 Å². The Morgan fingerprint density at radius 2 is 1.00 bits per heavy atom. The molecule has 0 fully saturated rings. The number of carbonyl (C=O) groups is 3. The van der Waals surface area contributed by atoms with Crippen molar-refractivity contribution >= 4 is 25.2 Å². The molecule has 0 aromatic heterocycles. The fraction of sp³-hybridized carbons (Fsp3) is 0.571. The SMILES string of the molecule is CC(=O)O[BH-](OC(C)=O)OC(C)=O.CN.[Na+]. The quantitative estimate of drug-likeness (QED) is 0.503. The van der Waals surface area contributed by atoms with Gasteiger partial charge in [-0.3, -0.25) is 14.4 Å². The number of hydrogen-bond donors (Lipinski definition) is 1. The van der Waals surface area contributed by atoms with Crippen molar-refractivity contribution in [3.8, 4) is 0 Å². The second kappa shape index (κ2) is 12.5.